The third kappa shape index (κ3) is 8.26. The van der Waals surface area contributed by atoms with Gasteiger partial charge in [-0.15, -0.1) is 5.10 Å². The fraction of sp³-hybridized carbons (Fsp3) is 0.222. The van der Waals surface area contributed by atoms with Crippen molar-refractivity contribution < 1.29 is 35.6 Å². The number of nitrogens with one attached hydrogen (secondary N) is 2. The lowest BCUT2D eigenvalue weighted by molar-refractivity contribution is -0.137. The van der Waals surface area contributed by atoms with Gasteiger partial charge in [0, 0.05) is 29.7 Å². The summed E-state index contributed by atoms with van der Waals surface area (Å²) in [6, 6.07) is 18.2. The summed E-state index contributed by atoms with van der Waals surface area (Å²) < 4.78 is 88.6. The van der Waals surface area contributed by atoms with Gasteiger partial charge in [-0.3, -0.25) is 14.2 Å². The van der Waals surface area contributed by atoms with Gasteiger partial charge in [-0.1, -0.05) is 74.3 Å². The number of unbranched alkanes of at least 4 members (excludes halogenated alkanes) is 1. The third-order valence-electron chi connectivity index (χ3n) is 8.04. The van der Waals surface area contributed by atoms with Crippen LogP contribution in [0.2, 0.25) is 5.02 Å². The van der Waals surface area contributed by atoms with Crippen molar-refractivity contribution in [2.45, 2.75) is 57.1 Å². The van der Waals surface area contributed by atoms with Gasteiger partial charge in [-0.2, -0.15) is 17.9 Å². The molecule has 0 saturated carbocycles. The molecule has 2 N–H and O–H groups in total. The fourth-order valence-corrected chi connectivity index (χ4v) is 6.80. The minimum Gasteiger partial charge on any atom is -0.326 e. The number of carbonyl (C=O) groups is 2. The van der Waals surface area contributed by atoms with Crippen molar-refractivity contribution in [2.75, 3.05) is 5.32 Å². The Kier molecular flexibility index (Phi) is 11.3. The molecule has 1 aromatic heterocycles. The van der Waals surface area contributed by atoms with E-state index in [1.165, 1.54) is 54.6 Å². The maximum Gasteiger partial charge on any atom is 0.418 e. The topological polar surface area (TPSA) is 132 Å². The molecule has 2 amide bonds. The summed E-state index contributed by atoms with van der Waals surface area (Å²) in [4.78, 5) is 38.2. The van der Waals surface area contributed by atoms with Crippen LogP contribution < -0.4 is 15.7 Å². The van der Waals surface area contributed by atoms with Crippen molar-refractivity contribution in [3.05, 3.63) is 129 Å². The van der Waals surface area contributed by atoms with Crippen LogP contribution in [0, 0.1) is 5.82 Å². The van der Waals surface area contributed by atoms with Gasteiger partial charge in [0.05, 0.1) is 33.3 Å². The van der Waals surface area contributed by atoms with Crippen LogP contribution in [0.4, 0.5) is 23.2 Å². The second-order valence-corrected chi connectivity index (χ2v) is 13.7. The number of anilines is 1. The number of aryl methyl sites for hydroxylation is 1. The smallest absolute Gasteiger partial charge is 0.326 e. The standard InChI is InChI=1S/C36H32ClF4N5O5S/c1-3-5-14-32-43-46(30-20-24(42-33(47)4-2)17-18-27(30)36(39,40)41)35(49)45(32)21-23-16-15-22(19-29(23)38)25-10-7-9-13-31(25)52(50,51)44-34(48)26-11-6-8-12-28(26)37/h6-13,15-20H,3-5,14,21H2,1-2H3,(H,42,47)(H,44,48). The average molecular weight is 758 g/mol. The molecule has 4 aromatic carbocycles. The van der Waals surface area contributed by atoms with Crippen LogP contribution in [-0.4, -0.2) is 34.6 Å². The Morgan fingerprint density at radius 2 is 1.65 bits per heavy atom. The van der Waals surface area contributed by atoms with Crippen LogP contribution in [0.15, 0.2) is 94.6 Å². The Labute approximate surface area is 301 Å². The Morgan fingerprint density at radius 1 is 0.942 bits per heavy atom. The summed E-state index contributed by atoms with van der Waals surface area (Å²) in [5.74, 6) is -2.15. The normalized spacial score (nSPS) is 11.8. The lowest BCUT2D eigenvalue weighted by Gasteiger charge is -2.14. The lowest BCUT2D eigenvalue weighted by Crippen LogP contribution is -2.31. The van der Waals surface area contributed by atoms with E-state index in [-0.39, 0.29) is 56.5 Å². The van der Waals surface area contributed by atoms with E-state index in [9.17, 15) is 36.0 Å². The second kappa shape index (κ2) is 15.5. The number of amides is 2. The number of sulfonamides is 1. The van der Waals surface area contributed by atoms with Gasteiger partial charge in [-0.05, 0) is 54.4 Å². The molecule has 10 nitrogen and oxygen atoms in total. The zero-order valence-corrected chi connectivity index (χ0v) is 29.4. The Hall–Kier alpha value is -5.28. The summed E-state index contributed by atoms with van der Waals surface area (Å²) in [6.45, 7) is 3.03. The Morgan fingerprint density at radius 3 is 2.33 bits per heavy atom. The van der Waals surface area contributed by atoms with Crippen molar-refractivity contribution in [3.8, 4) is 16.8 Å². The first-order valence-electron chi connectivity index (χ1n) is 16.0. The molecule has 0 saturated heterocycles. The van der Waals surface area contributed by atoms with Gasteiger partial charge in [0.25, 0.3) is 15.9 Å². The number of alkyl halides is 3. The zero-order chi connectivity index (χ0) is 37.8. The maximum atomic E-state index is 15.8. The number of aromatic nitrogens is 3. The van der Waals surface area contributed by atoms with E-state index in [1.807, 2.05) is 11.6 Å². The second-order valence-electron chi connectivity index (χ2n) is 11.6. The van der Waals surface area contributed by atoms with Gasteiger partial charge in [0.2, 0.25) is 5.91 Å². The van der Waals surface area contributed by atoms with E-state index >= 15 is 4.39 Å². The van der Waals surface area contributed by atoms with Gasteiger partial charge < -0.3 is 5.32 Å². The molecule has 16 heteroatoms. The van der Waals surface area contributed by atoms with E-state index in [4.69, 9.17) is 11.6 Å². The molecule has 0 spiro atoms. The first kappa shape index (κ1) is 38.0. The van der Waals surface area contributed by atoms with E-state index in [2.05, 4.69) is 10.4 Å². The molecule has 52 heavy (non-hydrogen) atoms. The SMILES string of the molecule is CCCCc1nn(-c2cc(NC(=O)CC)ccc2C(F)(F)F)c(=O)n1Cc1ccc(-c2ccccc2S(=O)(=O)NC(=O)c2ccccc2Cl)cc1F. The van der Waals surface area contributed by atoms with E-state index in [0.717, 1.165) is 28.8 Å². The number of hydrogen-bond acceptors (Lipinski definition) is 6. The first-order valence-corrected chi connectivity index (χ1v) is 17.9. The highest BCUT2D eigenvalue weighted by atomic mass is 35.5. The molecule has 0 unspecified atom stereocenters. The highest BCUT2D eigenvalue weighted by Gasteiger charge is 2.35. The predicted molar refractivity (Wildman–Crippen MR) is 187 cm³/mol. The van der Waals surface area contributed by atoms with Crippen LogP contribution in [0.25, 0.3) is 16.8 Å². The van der Waals surface area contributed by atoms with Crippen LogP contribution >= 0.6 is 11.6 Å². The van der Waals surface area contributed by atoms with Crippen LogP contribution in [0.5, 0.6) is 0 Å². The molecule has 0 aliphatic rings. The minimum absolute atomic E-state index is 0.0266. The number of nitrogens with zero attached hydrogens (tertiary/aromatic N) is 3. The molecule has 272 valence electrons. The van der Waals surface area contributed by atoms with Crippen molar-refractivity contribution >= 4 is 39.1 Å². The van der Waals surface area contributed by atoms with Crippen molar-refractivity contribution in [3.63, 3.8) is 0 Å². The first-order chi connectivity index (χ1) is 24.6. The summed E-state index contributed by atoms with van der Waals surface area (Å²) >= 11 is 6.06. The number of halogens is 5. The molecule has 1 heterocycles. The number of benzene rings is 4. The van der Waals surface area contributed by atoms with Crippen molar-refractivity contribution in [2.24, 2.45) is 0 Å². The van der Waals surface area contributed by atoms with Gasteiger partial charge in [0.1, 0.15) is 11.6 Å². The summed E-state index contributed by atoms with van der Waals surface area (Å²) in [5.41, 5.74) is -2.62. The highest BCUT2D eigenvalue weighted by Crippen LogP contribution is 2.35. The quantitative estimate of drug-likeness (QED) is 0.128. The molecule has 0 aliphatic heterocycles. The van der Waals surface area contributed by atoms with Gasteiger partial charge >= 0.3 is 11.9 Å². The third-order valence-corrected chi connectivity index (χ3v) is 9.76. The Bertz CT molecular complexity index is 2320. The summed E-state index contributed by atoms with van der Waals surface area (Å²) in [6.07, 6.45) is -3.43. The lowest BCUT2D eigenvalue weighted by atomic mass is 10.0. The van der Waals surface area contributed by atoms with E-state index < -0.39 is 57.3 Å². The van der Waals surface area contributed by atoms with E-state index in [1.54, 1.807) is 13.0 Å². The summed E-state index contributed by atoms with van der Waals surface area (Å²) in [7, 11) is -4.48. The predicted octanol–water partition coefficient (Wildman–Crippen LogP) is 7.37. The van der Waals surface area contributed by atoms with Gasteiger partial charge in [-0.25, -0.2) is 22.3 Å². The summed E-state index contributed by atoms with van der Waals surface area (Å²) in [5, 5.41) is 6.76. The number of carbonyl (C=O) groups excluding carboxylic acids is 2. The largest absolute Gasteiger partial charge is 0.418 e. The maximum absolute atomic E-state index is 15.8. The molecule has 0 radical (unpaired) electrons. The molecule has 5 aromatic rings. The number of rotatable bonds is 12. The molecule has 0 fully saturated rings. The van der Waals surface area contributed by atoms with Crippen LogP contribution in [0.1, 0.15) is 60.4 Å². The number of hydrogen-bond donors (Lipinski definition) is 2. The molecular formula is C36H32ClF4N5O5S. The van der Waals surface area contributed by atoms with Gasteiger partial charge in [0.15, 0.2) is 0 Å². The zero-order valence-electron chi connectivity index (χ0n) is 27.8. The molecule has 0 atom stereocenters. The highest BCUT2D eigenvalue weighted by molar-refractivity contribution is 7.90. The molecule has 0 bridgehead atoms. The molecule has 0 aliphatic carbocycles. The average Bonchev–Trinajstić information content (AvgIpc) is 3.41. The van der Waals surface area contributed by atoms with Crippen molar-refractivity contribution in [1.29, 1.82) is 0 Å². The van der Waals surface area contributed by atoms with Crippen LogP contribution in [-0.2, 0) is 34.0 Å². The van der Waals surface area contributed by atoms with Crippen LogP contribution in [0.3, 0.4) is 0 Å². The molecular weight excluding hydrogens is 726 g/mol. The minimum atomic E-state index is -4.88. The Balaban J connectivity index is 1.52. The molecule has 5 rings (SSSR count). The monoisotopic (exact) mass is 757 g/mol. The van der Waals surface area contributed by atoms with E-state index in [0.29, 0.717) is 17.5 Å². The fourth-order valence-electron chi connectivity index (χ4n) is 5.38. The van der Waals surface area contributed by atoms with Crippen molar-refractivity contribution in [1.82, 2.24) is 19.1 Å².